The molecular weight excluding hydrogens is 436 g/mol. The molecule has 0 saturated carbocycles. The molecule has 0 radical (unpaired) electrons. The summed E-state index contributed by atoms with van der Waals surface area (Å²) in [5.41, 5.74) is 6.43. The van der Waals surface area contributed by atoms with Crippen molar-refractivity contribution in [1.82, 2.24) is 0 Å². The van der Waals surface area contributed by atoms with Gasteiger partial charge in [0.1, 0.15) is 29.6 Å². The van der Waals surface area contributed by atoms with Crippen molar-refractivity contribution in [2.24, 2.45) is 0 Å². The minimum Gasteiger partial charge on any atom is -0.507 e. The first-order valence-corrected chi connectivity index (χ1v) is 11.8. The lowest BCUT2D eigenvalue weighted by Gasteiger charge is -2.19. The van der Waals surface area contributed by atoms with Crippen molar-refractivity contribution < 1.29 is 20.1 Å². The molecule has 8 bridgehead atoms. The van der Waals surface area contributed by atoms with Crippen LogP contribution in [0.1, 0.15) is 44.5 Å². The number of phenolic OH excluding ortho intramolecular Hbond substituents is 3. The van der Waals surface area contributed by atoms with E-state index in [2.05, 4.69) is 6.58 Å². The van der Waals surface area contributed by atoms with E-state index in [-0.39, 0.29) is 17.2 Å². The lowest BCUT2D eigenvalue weighted by molar-refractivity contribution is 0.356. The van der Waals surface area contributed by atoms with Crippen LogP contribution in [0.4, 0.5) is 0 Å². The number of benzene rings is 4. The van der Waals surface area contributed by atoms with Gasteiger partial charge in [0.2, 0.25) is 0 Å². The largest absolute Gasteiger partial charge is 0.507 e. The monoisotopic (exact) mass is 464 g/mol. The van der Waals surface area contributed by atoms with Gasteiger partial charge < -0.3 is 20.1 Å². The van der Waals surface area contributed by atoms with E-state index in [1.807, 2.05) is 72.8 Å². The van der Waals surface area contributed by atoms with Crippen LogP contribution in [0.5, 0.6) is 23.0 Å². The van der Waals surface area contributed by atoms with E-state index in [1.165, 1.54) is 0 Å². The fourth-order valence-corrected chi connectivity index (χ4v) is 4.85. The maximum atomic E-state index is 11.1. The summed E-state index contributed by atoms with van der Waals surface area (Å²) in [5.74, 6) is 1.40. The third kappa shape index (κ3) is 4.47. The molecule has 0 atom stereocenters. The molecule has 4 heteroatoms. The van der Waals surface area contributed by atoms with Crippen molar-refractivity contribution in [3.63, 3.8) is 0 Å². The number of ether oxygens (including phenoxy) is 1. The highest BCUT2D eigenvalue weighted by molar-refractivity contribution is 5.55. The highest BCUT2D eigenvalue weighted by Gasteiger charge is 2.19. The summed E-state index contributed by atoms with van der Waals surface area (Å²) in [4.78, 5) is 0. The zero-order chi connectivity index (χ0) is 24.4. The minimum absolute atomic E-state index is 0.194. The van der Waals surface area contributed by atoms with Gasteiger partial charge in [-0.15, -0.1) is 0 Å². The average molecular weight is 465 g/mol. The van der Waals surface area contributed by atoms with Crippen molar-refractivity contribution in [2.75, 3.05) is 6.61 Å². The fourth-order valence-electron chi connectivity index (χ4n) is 4.85. The summed E-state index contributed by atoms with van der Waals surface area (Å²) in [6.45, 7) is 4.14. The van der Waals surface area contributed by atoms with Gasteiger partial charge in [0.25, 0.3) is 0 Å². The SMILES string of the molecule is C=CCOc1c2cccc1Cc1cccc(c1O)Cc1cccc(c1O)Cc1cccc(c1O)C2. The average Bonchev–Trinajstić information content (AvgIpc) is 2.85. The Morgan fingerprint density at radius 2 is 0.829 bits per heavy atom. The summed E-state index contributed by atoms with van der Waals surface area (Å²) in [6.07, 6.45) is 3.47. The van der Waals surface area contributed by atoms with Crippen molar-refractivity contribution in [3.8, 4) is 23.0 Å². The van der Waals surface area contributed by atoms with E-state index in [4.69, 9.17) is 4.74 Å². The van der Waals surface area contributed by atoms with Gasteiger partial charge in [0.05, 0.1) is 0 Å². The normalized spacial score (nSPS) is 12.7. The van der Waals surface area contributed by atoms with Crippen LogP contribution >= 0.6 is 0 Å². The summed E-state index contributed by atoms with van der Waals surface area (Å²) in [5, 5.41) is 33.3. The zero-order valence-electron chi connectivity index (χ0n) is 19.5. The number of hydrogen-bond acceptors (Lipinski definition) is 4. The van der Waals surface area contributed by atoms with Crippen LogP contribution < -0.4 is 4.74 Å². The molecule has 0 unspecified atom stereocenters. The summed E-state index contributed by atoms with van der Waals surface area (Å²) in [6, 6.07) is 23.1. The fraction of sp³-hybridized carbons (Fsp3) is 0.161. The van der Waals surface area contributed by atoms with Gasteiger partial charge in [-0.3, -0.25) is 0 Å². The Balaban J connectivity index is 1.71. The second kappa shape index (κ2) is 9.59. The van der Waals surface area contributed by atoms with Crippen molar-refractivity contribution >= 4 is 0 Å². The van der Waals surface area contributed by atoms with E-state index in [0.717, 1.165) is 50.3 Å². The van der Waals surface area contributed by atoms with Gasteiger partial charge in [-0.2, -0.15) is 0 Å². The molecule has 4 nitrogen and oxygen atoms in total. The predicted octanol–water partition coefficient (Wildman–Crippen LogP) is 6.04. The van der Waals surface area contributed by atoms with Crippen LogP contribution in [0.3, 0.4) is 0 Å². The number of aromatic hydroxyl groups is 3. The van der Waals surface area contributed by atoms with E-state index >= 15 is 0 Å². The van der Waals surface area contributed by atoms with E-state index in [1.54, 1.807) is 6.08 Å². The Hall–Kier alpha value is -4.18. The van der Waals surface area contributed by atoms with Crippen LogP contribution in [-0.2, 0) is 25.7 Å². The van der Waals surface area contributed by atoms with E-state index in [0.29, 0.717) is 32.3 Å². The van der Waals surface area contributed by atoms with Crippen molar-refractivity contribution in [3.05, 3.63) is 130 Å². The number of fused-ring (bicyclic) bond motifs is 8. The Bertz CT molecular complexity index is 1310. The first-order valence-electron chi connectivity index (χ1n) is 11.8. The maximum Gasteiger partial charge on any atom is 0.126 e. The predicted molar refractivity (Wildman–Crippen MR) is 138 cm³/mol. The molecule has 0 aliphatic heterocycles. The van der Waals surface area contributed by atoms with E-state index in [9.17, 15) is 15.3 Å². The van der Waals surface area contributed by atoms with Gasteiger partial charge in [0, 0.05) is 25.7 Å². The van der Waals surface area contributed by atoms with Gasteiger partial charge >= 0.3 is 0 Å². The Morgan fingerprint density at radius 3 is 1.14 bits per heavy atom. The number of hydrogen-bond donors (Lipinski definition) is 3. The minimum atomic E-state index is 0.194. The van der Waals surface area contributed by atoms with Gasteiger partial charge in [-0.05, 0) is 44.5 Å². The topological polar surface area (TPSA) is 69.9 Å². The number of para-hydroxylation sites is 4. The van der Waals surface area contributed by atoms with E-state index < -0.39 is 0 Å². The summed E-state index contributed by atoms with van der Waals surface area (Å²) < 4.78 is 6.12. The van der Waals surface area contributed by atoms with Gasteiger partial charge in [-0.25, -0.2) is 0 Å². The lowest BCUT2D eigenvalue weighted by Crippen LogP contribution is -2.04. The molecule has 1 aliphatic carbocycles. The zero-order valence-corrected chi connectivity index (χ0v) is 19.5. The van der Waals surface area contributed by atoms with Gasteiger partial charge in [-0.1, -0.05) is 85.5 Å². The standard InChI is InChI=1S/C31H28O4/c1-2-15-35-31-26-13-6-14-27(31)19-25-12-5-10-23(30(25)34)17-21-8-3-7-20(28(21)32)16-22-9-4-11-24(18-26)29(22)33/h2-14,32-34H,1,15-19H2. The van der Waals surface area contributed by atoms with Crippen LogP contribution in [0.2, 0.25) is 0 Å². The van der Waals surface area contributed by atoms with Crippen LogP contribution in [-0.4, -0.2) is 21.9 Å². The Morgan fingerprint density at radius 1 is 0.543 bits per heavy atom. The van der Waals surface area contributed by atoms with Gasteiger partial charge in [0.15, 0.2) is 0 Å². The van der Waals surface area contributed by atoms with Crippen LogP contribution in [0, 0.1) is 0 Å². The molecular formula is C31H28O4. The molecule has 3 N–H and O–H groups in total. The second-order valence-electron chi connectivity index (χ2n) is 8.99. The summed E-state index contributed by atoms with van der Waals surface area (Å²) >= 11 is 0. The number of rotatable bonds is 3. The molecule has 0 heterocycles. The Kier molecular flexibility index (Phi) is 6.19. The molecule has 0 aromatic heterocycles. The first-order chi connectivity index (χ1) is 17.0. The molecule has 0 spiro atoms. The summed E-state index contributed by atoms with van der Waals surface area (Å²) in [7, 11) is 0. The molecule has 0 amide bonds. The molecule has 4 aromatic carbocycles. The Labute approximate surface area is 205 Å². The second-order valence-corrected chi connectivity index (χ2v) is 8.99. The molecule has 1 aliphatic rings. The smallest absolute Gasteiger partial charge is 0.126 e. The van der Waals surface area contributed by atoms with Crippen molar-refractivity contribution in [1.29, 1.82) is 0 Å². The first kappa shape index (κ1) is 22.6. The lowest BCUT2D eigenvalue weighted by atomic mass is 9.91. The molecule has 4 aromatic rings. The third-order valence-electron chi connectivity index (χ3n) is 6.66. The molecule has 176 valence electrons. The highest BCUT2D eigenvalue weighted by Crippen LogP contribution is 2.37. The quantitative estimate of drug-likeness (QED) is 0.285. The van der Waals surface area contributed by atoms with Crippen LogP contribution in [0.25, 0.3) is 0 Å². The van der Waals surface area contributed by atoms with Crippen LogP contribution in [0.15, 0.2) is 85.5 Å². The molecule has 0 saturated heterocycles. The molecule has 35 heavy (non-hydrogen) atoms. The highest BCUT2D eigenvalue weighted by atomic mass is 16.5. The maximum absolute atomic E-state index is 11.1. The molecule has 0 fully saturated rings. The number of phenols is 3. The van der Waals surface area contributed by atoms with Crippen molar-refractivity contribution in [2.45, 2.75) is 25.7 Å². The molecule has 5 rings (SSSR count). The third-order valence-corrected chi connectivity index (χ3v) is 6.66.